The number of fused-ring (bicyclic) bond motifs is 1. The van der Waals surface area contributed by atoms with Gasteiger partial charge in [0, 0.05) is 18.1 Å². The van der Waals surface area contributed by atoms with Crippen LogP contribution in [-0.2, 0) is 5.75 Å². The Bertz CT molecular complexity index is 1400. The summed E-state index contributed by atoms with van der Waals surface area (Å²) in [6.07, 6.45) is 3.96. The fourth-order valence-corrected chi connectivity index (χ4v) is 5.13. The van der Waals surface area contributed by atoms with Gasteiger partial charge in [0.2, 0.25) is 0 Å². The summed E-state index contributed by atoms with van der Waals surface area (Å²) >= 11 is 3.17. The largest absolute Gasteiger partial charge is 0.495 e. The molecule has 0 aliphatic rings. The van der Waals surface area contributed by atoms with Gasteiger partial charge in [-0.1, -0.05) is 36.0 Å². The van der Waals surface area contributed by atoms with Crippen LogP contribution >= 0.6 is 23.1 Å². The highest BCUT2D eigenvalue weighted by Crippen LogP contribution is 2.35. The number of rotatable bonds is 6. The van der Waals surface area contributed by atoms with E-state index in [0.717, 1.165) is 38.4 Å². The molecule has 0 saturated heterocycles. The molecule has 0 bridgehead atoms. The molecule has 0 atom stereocenters. The predicted molar refractivity (Wildman–Crippen MR) is 123 cm³/mol. The third-order valence-electron chi connectivity index (χ3n) is 4.93. The van der Waals surface area contributed by atoms with Crippen LogP contribution in [0, 0.1) is 11.3 Å². The van der Waals surface area contributed by atoms with Crippen molar-refractivity contribution in [1.82, 2.24) is 19.2 Å². The number of hydrogen-bond donors (Lipinski definition) is 0. The van der Waals surface area contributed by atoms with Gasteiger partial charge in [0.25, 0.3) is 0 Å². The number of pyridine rings is 1. The van der Waals surface area contributed by atoms with Crippen molar-refractivity contribution in [1.29, 1.82) is 5.26 Å². The number of benzene rings is 1. The third kappa shape index (κ3) is 3.48. The summed E-state index contributed by atoms with van der Waals surface area (Å²) in [4.78, 5) is 1.03. The van der Waals surface area contributed by atoms with E-state index in [1.165, 1.54) is 0 Å². The number of para-hydroxylation sites is 2. The highest BCUT2D eigenvalue weighted by Gasteiger charge is 2.20. The number of thioether (sulfide) groups is 1. The Balaban J connectivity index is 1.57. The van der Waals surface area contributed by atoms with E-state index < -0.39 is 0 Å². The summed E-state index contributed by atoms with van der Waals surface area (Å²) in [5, 5.41) is 21.4. The Kier molecular flexibility index (Phi) is 5.20. The third-order valence-corrected chi connectivity index (χ3v) is 6.78. The minimum Gasteiger partial charge on any atom is -0.495 e. The van der Waals surface area contributed by atoms with Crippen molar-refractivity contribution in [2.75, 3.05) is 7.11 Å². The van der Waals surface area contributed by atoms with Gasteiger partial charge in [-0.2, -0.15) is 5.26 Å². The van der Waals surface area contributed by atoms with E-state index >= 15 is 0 Å². The summed E-state index contributed by atoms with van der Waals surface area (Å²) in [6, 6.07) is 20.1. The molecule has 0 aliphatic carbocycles. The molecule has 0 spiro atoms. The van der Waals surface area contributed by atoms with Crippen molar-refractivity contribution < 1.29 is 4.74 Å². The zero-order valence-electron chi connectivity index (χ0n) is 16.6. The van der Waals surface area contributed by atoms with Crippen molar-refractivity contribution in [3.8, 4) is 28.2 Å². The first-order valence-electron chi connectivity index (χ1n) is 9.54. The molecule has 0 N–H and O–H groups in total. The molecular weight excluding hydrogens is 426 g/mol. The second-order valence-corrected chi connectivity index (χ2v) is 8.60. The van der Waals surface area contributed by atoms with Crippen LogP contribution in [0.4, 0.5) is 0 Å². The van der Waals surface area contributed by atoms with E-state index in [-0.39, 0.29) is 0 Å². The molecule has 8 heteroatoms. The van der Waals surface area contributed by atoms with Crippen molar-refractivity contribution in [2.24, 2.45) is 0 Å². The van der Waals surface area contributed by atoms with Gasteiger partial charge in [-0.15, -0.1) is 21.5 Å². The zero-order chi connectivity index (χ0) is 21.2. The molecule has 4 aromatic heterocycles. The number of nitriles is 1. The van der Waals surface area contributed by atoms with Crippen LogP contribution in [0.5, 0.6) is 5.75 Å². The van der Waals surface area contributed by atoms with E-state index in [2.05, 4.69) is 16.3 Å². The molecule has 0 fully saturated rings. The van der Waals surface area contributed by atoms with Gasteiger partial charge >= 0.3 is 0 Å². The number of ether oxygens (including phenoxy) is 1. The van der Waals surface area contributed by atoms with Gasteiger partial charge in [0.15, 0.2) is 11.0 Å². The number of aromatic nitrogens is 4. The van der Waals surface area contributed by atoms with Gasteiger partial charge in [-0.3, -0.25) is 4.57 Å². The molecular formula is C23H17N5OS2. The molecule has 152 valence electrons. The van der Waals surface area contributed by atoms with E-state index in [1.54, 1.807) is 30.2 Å². The SMILES string of the molecule is COc1ccccc1-n1c(SCc2cn3ccccc3c2C#N)nnc1-c1cccs1. The van der Waals surface area contributed by atoms with Crippen LogP contribution in [0.15, 0.2) is 77.5 Å². The van der Waals surface area contributed by atoms with Crippen molar-refractivity contribution >= 4 is 28.6 Å². The molecule has 5 rings (SSSR count). The lowest BCUT2D eigenvalue weighted by Crippen LogP contribution is -2.01. The van der Waals surface area contributed by atoms with E-state index in [9.17, 15) is 5.26 Å². The van der Waals surface area contributed by atoms with Crippen LogP contribution in [0.1, 0.15) is 11.1 Å². The number of methoxy groups -OCH3 is 1. The molecule has 0 aliphatic heterocycles. The Hall–Kier alpha value is -3.54. The average Bonchev–Trinajstić information content (AvgIpc) is 3.55. The first-order chi connectivity index (χ1) is 15.3. The maximum Gasteiger partial charge on any atom is 0.196 e. The molecule has 0 saturated carbocycles. The lowest BCUT2D eigenvalue weighted by atomic mass is 10.2. The van der Waals surface area contributed by atoms with Gasteiger partial charge in [0.05, 0.1) is 28.8 Å². The highest BCUT2D eigenvalue weighted by atomic mass is 32.2. The molecule has 0 radical (unpaired) electrons. The second-order valence-electron chi connectivity index (χ2n) is 6.71. The predicted octanol–water partition coefficient (Wildman–Crippen LogP) is 5.42. The lowest BCUT2D eigenvalue weighted by Gasteiger charge is -2.13. The fraction of sp³-hybridized carbons (Fsp3) is 0.0870. The normalized spacial score (nSPS) is 11.0. The van der Waals surface area contributed by atoms with Crippen LogP contribution in [-0.4, -0.2) is 26.3 Å². The first kappa shape index (κ1) is 19.4. The Morgan fingerprint density at radius 3 is 2.77 bits per heavy atom. The van der Waals surface area contributed by atoms with E-state index in [1.807, 2.05) is 81.3 Å². The van der Waals surface area contributed by atoms with E-state index in [4.69, 9.17) is 4.74 Å². The first-order valence-corrected chi connectivity index (χ1v) is 11.4. The van der Waals surface area contributed by atoms with Gasteiger partial charge in [0.1, 0.15) is 11.8 Å². The summed E-state index contributed by atoms with van der Waals surface area (Å²) in [6.45, 7) is 0. The monoisotopic (exact) mass is 443 g/mol. The summed E-state index contributed by atoms with van der Waals surface area (Å²) in [7, 11) is 1.66. The van der Waals surface area contributed by atoms with Crippen LogP contribution in [0.2, 0.25) is 0 Å². The van der Waals surface area contributed by atoms with E-state index in [0.29, 0.717) is 11.3 Å². The minimum absolute atomic E-state index is 0.600. The zero-order valence-corrected chi connectivity index (χ0v) is 18.2. The van der Waals surface area contributed by atoms with Crippen LogP contribution in [0.3, 0.4) is 0 Å². The van der Waals surface area contributed by atoms with Crippen LogP contribution in [0.25, 0.3) is 21.9 Å². The molecule has 0 unspecified atom stereocenters. The minimum atomic E-state index is 0.600. The Morgan fingerprint density at radius 2 is 1.97 bits per heavy atom. The van der Waals surface area contributed by atoms with Gasteiger partial charge < -0.3 is 9.14 Å². The second kappa shape index (κ2) is 8.30. The molecule has 6 nitrogen and oxygen atoms in total. The summed E-state index contributed by atoms with van der Waals surface area (Å²) in [5.74, 6) is 2.11. The number of hydrogen-bond acceptors (Lipinski definition) is 6. The average molecular weight is 444 g/mol. The molecule has 31 heavy (non-hydrogen) atoms. The Labute approximate surface area is 187 Å². The Morgan fingerprint density at radius 1 is 1.10 bits per heavy atom. The topological polar surface area (TPSA) is 68.1 Å². The number of nitrogens with zero attached hydrogens (tertiary/aromatic N) is 5. The summed E-state index contributed by atoms with van der Waals surface area (Å²) in [5.41, 5.74) is 3.44. The quantitative estimate of drug-likeness (QED) is 0.328. The maximum atomic E-state index is 9.71. The molecule has 4 heterocycles. The highest BCUT2D eigenvalue weighted by molar-refractivity contribution is 7.98. The molecule has 5 aromatic rings. The molecule has 1 aromatic carbocycles. The summed E-state index contributed by atoms with van der Waals surface area (Å²) < 4.78 is 9.61. The standard InChI is InChI=1S/C23H17N5OS2/c1-29-20-9-3-2-8-19(20)28-22(21-10-6-12-30-21)25-26-23(28)31-15-16-14-27-11-5-4-7-18(27)17(16)13-24/h2-12,14H,15H2,1H3. The smallest absolute Gasteiger partial charge is 0.196 e. The van der Waals surface area contributed by atoms with Crippen molar-refractivity contribution in [2.45, 2.75) is 10.9 Å². The van der Waals surface area contributed by atoms with Gasteiger partial charge in [-0.05, 0) is 41.3 Å². The lowest BCUT2D eigenvalue weighted by molar-refractivity contribution is 0.412. The van der Waals surface area contributed by atoms with Gasteiger partial charge in [-0.25, -0.2) is 0 Å². The molecule has 0 amide bonds. The maximum absolute atomic E-state index is 9.71. The fourth-order valence-electron chi connectivity index (χ4n) is 3.52. The van der Waals surface area contributed by atoms with Crippen molar-refractivity contribution in [3.63, 3.8) is 0 Å². The van der Waals surface area contributed by atoms with Crippen LogP contribution < -0.4 is 4.74 Å². The number of thiophene rings is 1. The van der Waals surface area contributed by atoms with Crippen molar-refractivity contribution in [3.05, 3.63) is 83.5 Å².